The summed E-state index contributed by atoms with van der Waals surface area (Å²) in [5.41, 5.74) is 2.05. The third kappa shape index (κ3) is 3.66. The summed E-state index contributed by atoms with van der Waals surface area (Å²) < 4.78 is 7.17. The average Bonchev–Trinajstić information content (AvgIpc) is 3.07. The average molecular weight is 354 g/mol. The van der Waals surface area contributed by atoms with Crippen LogP contribution in [0.5, 0.6) is 5.75 Å². The molecule has 1 N–H and O–H groups in total. The van der Waals surface area contributed by atoms with E-state index in [0.29, 0.717) is 17.0 Å². The number of hydrogen-bond acceptors (Lipinski definition) is 5. The second kappa shape index (κ2) is 7.40. The van der Waals surface area contributed by atoms with E-state index in [1.807, 2.05) is 54.3 Å². The van der Waals surface area contributed by atoms with Crippen molar-refractivity contribution in [2.75, 3.05) is 18.7 Å². The predicted molar refractivity (Wildman–Crippen MR) is 99.2 cm³/mol. The van der Waals surface area contributed by atoms with Crippen LogP contribution in [0.3, 0.4) is 0 Å². The molecule has 3 aromatic rings. The van der Waals surface area contributed by atoms with Gasteiger partial charge in [0.05, 0.1) is 12.7 Å². The Hall–Kier alpha value is -2.80. The van der Waals surface area contributed by atoms with Gasteiger partial charge in [0, 0.05) is 23.2 Å². The molecular weight excluding hydrogens is 336 g/mol. The number of rotatable bonds is 5. The van der Waals surface area contributed by atoms with E-state index in [-0.39, 0.29) is 5.91 Å². The molecule has 128 valence electrons. The molecule has 1 amide bonds. The molecule has 3 rings (SSSR count). The number of anilines is 1. The molecule has 0 aliphatic heterocycles. The summed E-state index contributed by atoms with van der Waals surface area (Å²) in [7, 11) is 3.43. The van der Waals surface area contributed by atoms with E-state index < -0.39 is 0 Å². The maximum atomic E-state index is 12.6. The standard InChI is InChI=1S/C18H18N4O2S/c1-22-11-19-21-17(22)12-5-4-6-13(9-12)20-18(23)15-8-7-14(25-3)10-16(15)24-2/h4-11H,1-3H3,(H,20,23). The normalized spacial score (nSPS) is 10.5. The van der Waals surface area contributed by atoms with E-state index in [1.54, 1.807) is 31.3 Å². The number of amides is 1. The topological polar surface area (TPSA) is 69.0 Å². The molecule has 1 heterocycles. The van der Waals surface area contributed by atoms with Gasteiger partial charge in [-0.2, -0.15) is 0 Å². The summed E-state index contributed by atoms with van der Waals surface area (Å²) in [4.78, 5) is 13.7. The highest BCUT2D eigenvalue weighted by atomic mass is 32.2. The highest BCUT2D eigenvalue weighted by Gasteiger charge is 2.14. The Morgan fingerprint density at radius 3 is 2.76 bits per heavy atom. The number of nitrogens with zero attached hydrogens (tertiary/aromatic N) is 3. The molecule has 7 heteroatoms. The van der Waals surface area contributed by atoms with Gasteiger partial charge in [-0.15, -0.1) is 22.0 Å². The first kappa shape index (κ1) is 17.0. The first-order valence-corrected chi connectivity index (χ1v) is 8.82. The van der Waals surface area contributed by atoms with Gasteiger partial charge in [-0.05, 0) is 36.6 Å². The van der Waals surface area contributed by atoms with E-state index in [2.05, 4.69) is 15.5 Å². The van der Waals surface area contributed by atoms with Crippen LogP contribution in [0, 0.1) is 0 Å². The summed E-state index contributed by atoms with van der Waals surface area (Å²) in [6.07, 6.45) is 3.62. The molecule has 25 heavy (non-hydrogen) atoms. The molecule has 0 radical (unpaired) electrons. The maximum absolute atomic E-state index is 12.6. The Labute approximate surface area is 150 Å². The minimum atomic E-state index is -0.223. The van der Waals surface area contributed by atoms with E-state index in [4.69, 9.17) is 4.74 Å². The number of hydrogen-bond donors (Lipinski definition) is 1. The van der Waals surface area contributed by atoms with E-state index in [0.717, 1.165) is 16.3 Å². The lowest BCUT2D eigenvalue weighted by molar-refractivity contribution is 0.102. The number of methoxy groups -OCH3 is 1. The molecule has 0 fully saturated rings. The van der Waals surface area contributed by atoms with Crippen LogP contribution < -0.4 is 10.1 Å². The molecule has 0 unspecified atom stereocenters. The SMILES string of the molecule is COc1cc(SC)ccc1C(=O)Nc1cccc(-c2nncn2C)c1. The van der Waals surface area contributed by atoms with Crippen molar-refractivity contribution >= 4 is 23.4 Å². The zero-order valence-corrected chi connectivity index (χ0v) is 15.0. The van der Waals surface area contributed by atoms with Gasteiger partial charge >= 0.3 is 0 Å². The lowest BCUT2D eigenvalue weighted by atomic mass is 10.1. The second-order valence-electron chi connectivity index (χ2n) is 5.37. The Morgan fingerprint density at radius 2 is 2.08 bits per heavy atom. The van der Waals surface area contributed by atoms with Crippen molar-refractivity contribution in [2.24, 2.45) is 7.05 Å². The molecule has 0 saturated heterocycles. The lowest BCUT2D eigenvalue weighted by Gasteiger charge is -2.11. The molecule has 0 saturated carbocycles. The second-order valence-corrected chi connectivity index (χ2v) is 6.25. The smallest absolute Gasteiger partial charge is 0.259 e. The van der Waals surface area contributed by atoms with Crippen LogP contribution in [0.25, 0.3) is 11.4 Å². The largest absolute Gasteiger partial charge is 0.496 e. The fraction of sp³-hybridized carbons (Fsp3) is 0.167. The van der Waals surface area contributed by atoms with E-state index in [1.165, 1.54) is 0 Å². The Bertz CT molecular complexity index is 908. The highest BCUT2D eigenvalue weighted by Crippen LogP contribution is 2.27. The maximum Gasteiger partial charge on any atom is 0.259 e. The zero-order chi connectivity index (χ0) is 17.8. The van der Waals surface area contributed by atoms with Crippen LogP contribution in [0.2, 0.25) is 0 Å². The number of ether oxygens (including phenoxy) is 1. The molecular formula is C18H18N4O2S. The third-order valence-electron chi connectivity index (χ3n) is 3.74. The summed E-state index contributed by atoms with van der Waals surface area (Å²) in [6.45, 7) is 0. The minimum Gasteiger partial charge on any atom is -0.496 e. The Balaban J connectivity index is 1.86. The minimum absolute atomic E-state index is 0.223. The van der Waals surface area contributed by atoms with Crippen molar-refractivity contribution in [2.45, 2.75) is 4.90 Å². The molecule has 2 aromatic carbocycles. The Morgan fingerprint density at radius 1 is 1.24 bits per heavy atom. The predicted octanol–water partition coefficient (Wildman–Crippen LogP) is 3.46. The molecule has 0 spiro atoms. The number of carbonyl (C=O) groups is 1. The molecule has 0 bridgehead atoms. The fourth-order valence-electron chi connectivity index (χ4n) is 2.47. The van der Waals surface area contributed by atoms with E-state index >= 15 is 0 Å². The van der Waals surface area contributed by atoms with Gasteiger partial charge in [0.15, 0.2) is 5.82 Å². The van der Waals surface area contributed by atoms with Crippen LogP contribution in [-0.4, -0.2) is 34.0 Å². The molecule has 1 aromatic heterocycles. The fourth-order valence-corrected chi connectivity index (χ4v) is 2.89. The first-order valence-electron chi connectivity index (χ1n) is 7.60. The zero-order valence-electron chi connectivity index (χ0n) is 14.2. The number of nitrogens with one attached hydrogen (secondary N) is 1. The number of aryl methyl sites for hydroxylation is 1. The number of carbonyl (C=O) groups excluding carboxylic acids is 1. The quantitative estimate of drug-likeness (QED) is 0.711. The van der Waals surface area contributed by atoms with Crippen molar-refractivity contribution in [1.82, 2.24) is 14.8 Å². The van der Waals surface area contributed by atoms with Gasteiger partial charge in [-0.1, -0.05) is 12.1 Å². The van der Waals surface area contributed by atoms with Crippen LogP contribution in [0.1, 0.15) is 10.4 Å². The van der Waals surface area contributed by atoms with Gasteiger partial charge < -0.3 is 14.6 Å². The van der Waals surface area contributed by atoms with Crippen molar-refractivity contribution in [1.29, 1.82) is 0 Å². The highest BCUT2D eigenvalue weighted by molar-refractivity contribution is 7.98. The number of aromatic nitrogens is 3. The summed E-state index contributed by atoms with van der Waals surface area (Å²) in [6, 6.07) is 13.0. The van der Waals surface area contributed by atoms with Gasteiger partial charge in [-0.25, -0.2) is 0 Å². The van der Waals surface area contributed by atoms with Crippen molar-refractivity contribution < 1.29 is 9.53 Å². The monoisotopic (exact) mass is 354 g/mol. The van der Waals surface area contributed by atoms with E-state index in [9.17, 15) is 4.79 Å². The molecule has 6 nitrogen and oxygen atoms in total. The molecule has 0 aliphatic rings. The first-order chi connectivity index (χ1) is 12.1. The van der Waals surface area contributed by atoms with Crippen LogP contribution >= 0.6 is 11.8 Å². The third-order valence-corrected chi connectivity index (χ3v) is 4.47. The Kier molecular flexibility index (Phi) is 5.04. The molecule has 0 aliphatic carbocycles. The number of benzene rings is 2. The van der Waals surface area contributed by atoms with Crippen molar-refractivity contribution in [3.8, 4) is 17.1 Å². The van der Waals surface area contributed by atoms with Crippen LogP contribution in [-0.2, 0) is 7.05 Å². The summed E-state index contributed by atoms with van der Waals surface area (Å²) in [5, 5.41) is 10.9. The number of thioether (sulfide) groups is 1. The lowest BCUT2D eigenvalue weighted by Crippen LogP contribution is -2.13. The summed E-state index contributed by atoms with van der Waals surface area (Å²) in [5.74, 6) is 1.06. The summed E-state index contributed by atoms with van der Waals surface area (Å²) >= 11 is 1.60. The van der Waals surface area contributed by atoms with Crippen molar-refractivity contribution in [3.05, 3.63) is 54.4 Å². The van der Waals surface area contributed by atoms with Crippen LogP contribution in [0.4, 0.5) is 5.69 Å². The van der Waals surface area contributed by atoms with Gasteiger partial charge in [0.1, 0.15) is 12.1 Å². The van der Waals surface area contributed by atoms with Crippen LogP contribution in [0.15, 0.2) is 53.7 Å². The van der Waals surface area contributed by atoms with Gasteiger partial charge in [0.2, 0.25) is 0 Å². The molecule has 0 atom stereocenters. The van der Waals surface area contributed by atoms with Gasteiger partial charge in [-0.3, -0.25) is 4.79 Å². The van der Waals surface area contributed by atoms with Crippen molar-refractivity contribution in [3.63, 3.8) is 0 Å². The van der Waals surface area contributed by atoms with Gasteiger partial charge in [0.25, 0.3) is 5.91 Å².